The Hall–Kier alpha value is -6.26. The molecule has 1 N–H and O–H groups in total. The first-order chi connectivity index (χ1) is 32.4. The molecule has 5 aliphatic rings. The molecule has 0 bridgehead atoms. The predicted molar refractivity (Wildman–Crippen MR) is 247 cm³/mol. The number of amides is 3. The van der Waals surface area contributed by atoms with Gasteiger partial charge in [-0.2, -0.15) is 0 Å². The minimum Gasteiger partial charge on any atom is -0.491 e. The van der Waals surface area contributed by atoms with E-state index in [9.17, 15) is 9.90 Å². The summed E-state index contributed by atoms with van der Waals surface area (Å²) in [5, 5.41) is 10.1. The molecule has 0 aromatic heterocycles. The number of para-hydroxylation sites is 1. The second-order valence-corrected chi connectivity index (χ2v) is 17.7. The number of anilines is 1. The van der Waals surface area contributed by atoms with Gasteiger partial charge in [0.25, 0.3) is 0 Å². The summed E-state index contributed by atoms with van der Waals surface area (Å²) < 4.78 is 24.0. The lowest BCUT2D eigenvalue weighted by Crippen LogP contribution is -2.56. The summed E-state index contributed by atoms with van der Waals surface area (Å²) in [6.45, 7) is 0.480. The van der Waals surface area contributed by atoms with Gasteiger partial charge in [0.1, 0.15) is 36.5 Å². The number of methoxy groups -OCH3 is 1. The van der Waals surface area contributed by atoms with E-state index in [0.717, 1.165) is 79.4 Å². The molecule has 342 valence electrons. The number of ether oxygens (including phenoxy) is 4. The summed E-state index contributed by atoms with van der Waals surface area (Å²) in [5.41, 5.74) is 2.27. The van der Waals surface area contributed by atoms with Crippen molar-refractivity contribution in [2.75, 3.05) is 51.5 Å². The van der Waals surface area contributed by atoms with Crippen LogP contribution in [0.2, 0.25) is 0 Å². The lowest BCUT2D eigenvalue weighted by Gasteiger charge is -2.46. The SMILES string of the molecule is COCCOC(=O)N1C(=O)C2(c3cc(C#CC4=CCCCC4)ccc31)C(C(=O)N1CCCCCCC1)C1C(=O)OC(c3ccccc3)C(c3ccccc3)N1C2c1ccccc1OCCO. The number of hydrogen-bond donors (Lipinski definition) is 1. The number of carbonyl (C=O) groups excluding carboxylic acids is 4. The molecule has 4 aromatic rings. The quantitative estimate of drug-likeness (QED) is 0.0945. The van der Waals surface area contributed by atoms with Crippen LogP contribution in [0.1, 0.15) is 104 Å². The molecule has 12 heteroatoms. The van der Waals surface area contributed by atoms with Crippen LogP contribution in [0.4, 0.5) is 10.5 Å². The smallest absolute Gasteiger partial charge is 0.421 e. The number of esters is 1. The second-order valence-electron chi connectivity index (χ2n) is 17.7. The minimum absolute atomic E-state index is 0.0643. The standard InChI is InChI=1S/C54H57N3O9/c1-63-34-35-65-53(62)56-43-29-28-38(27-26-37-18-8-5-9-19-37)36-42(43)54(52(56)61)45(50(59)55-30-16-3-2-4-17-31-55)47-51(60)66-48(40-22-12-7-13-23-40)46(39-20-10-6-11-21-39)57(47)49(54)41-24-14-15-25-44(41)64-33-32-58/h6-7,10-15,18,20-25,28-29,36,45-49,58H,2-5,8-9,16-17,19,30-35H2,1H3. The maximum absolute atomic E-state index is 16.6. The van der Waals surface area contributed by atoms with Crippen molar-refractivity contribution >= 4 is 29.6 Å². The summed E-state index contributed by atoms with van der Waals surface area (Å²) in [7, 11) is 1.49. The van der Waals surface area contributed by atoms with Crippen LogP contribution in [0.15, 0.2) is 115 Å². The molecule has 3 amide bonds. The fourth-order valence-corrected chi connectivity index (χ4v) is 11.0. The minimum atomic E-state index is -1.97. The number of imide groups is 1. The highest BCUT2D eigenvalue weighted by Crippen LogP contribution is 2.67. The number of hydrogen-bond acceptors (Lipinski definition) is 10. The average Bonchev–Trinajstić information content (AvgIpc) is 3.79. The van der Waals surface area contributed by atoms with E-state index in [0.29, 0.717) is 35.5 Å². The van der Waals surface area contributed by atoms with Crippen molar-refractivity contribution in [2.45, 2.75) is 87.4 Å². The molecular formula is C54H57N3O9. The highest BCUT2D eigenvalue weighted by Gasteiger charge is 2.76. The molecule has 3 saturated heterocycles. The van der Waals surface area contributed by atoms with E-state index in [1.54, 1.807) is 18.2 Å². The van der Waals surface area contributed by atoms with Crippen LogP contribution in [-0.2, 0) is 34.0 Å². The molecular weight excluding hydrogens is 835 g/mol. The third kappa shape index (κ3) is 8.29. The van der Waals surface area contributed by atoms with Crippen LogP contribution in [-0.4, -0.2) is 91.5 Å². The fourth-order valence-electron chi connectivity index (χ4n) is 11.0. The van der Waals surface area contributed by atoms with Gasteiger partial charge in [0.2, 0.25) is 11.8 Å². The van der Waals surface area contributed by atoms with Gasteiger partial charge in [0.15, 0.2) is 0 Å². The molecule has 12 nitrogen and oxygen atoms in total. The summed E-state index contributed by atoms with van der Waals surface area (Å²) in [6.07, 6.45) is 8.75. The Bertz CT molecular complexity index is 2510. The first-order valence-corrected chi connectivity index (χ1v) is 23.4. The number of morpholine rings is 1. The summed E-state index contributed by atoms with van der Waals surface area (Å²) >= 11 is 0. The van der Waals surface area contributed by atoms with Gasteiger partial charge < -0.3 is 29.0 Å². The van der Waals surface area contributed by atoms with Gasteiger partial charge in [-0.05, 0) is 85.1 Å². The predicted octanol–water partition coefficient (Wildman–Crippen LogP) is 8.15. The molecule has 66 heavy (non-hydrogen) atoms. The highest BCUT2D eigenvalue weighted by molar-refractivity contribution is 6.23. The molecule has 1 spiro atoms. The van der Waals surface area contributed by atoms with Crippen molar-refractivity contribution in [3.63, 3.8) is 0 Å². The van der Waals surface area contributed by atoms with E-state index in [1.807, 2.05) is 94.7 Å². The molecule has 6 unspecified atom stereocenters. The van der Waals surface area contributed by atoms with Gasteiger partial charge in [-0.3, -0.25) is 19.3 Å². The van der Waals surface area contributed by atoms with Crippen LogP contribution in [0.5, 0.6) is 5.75 Å². The van der Waals surface area contributed by atoms with Crippen molar-refractivity contribution in [3.8, 4) is 17.6 Å². The van der Waals surface area contributed by atoms with E-state index in [2.05, 4.69) is 17.9 Å². The topological polar surface area (TPSA) is 135 Å². The van der Waals surface area contributed by atoms with E-state index in [4.69, 9.17) is 18.9 Å². The zero-order valence-corrected chi connectivity index (χ0v) is 37.4. The van der Waals surface area contributed by atoms with Gasteiger partial charge >= 0.3 is 12.1 Å². The van der Waals surface area contributed by atoms with E-state index in [1.165, 1.54) is 7.11 Å². The molecule has 3 fully saturated rings. The van der Waals surface area contributed by atoms with E-state index >= 15 is 14.4 Å². The zero-order chi connectivity index (χ0) is 45.6. The Morgan fingerprint density at radius 1 is 0.788 bits per heavy atom. The summed E-state index contributed by atoms with van der Waals surface area (Å²) in [5.74, 6) is 3.95. The Kier molecular flexibility index (Phi) is 13.7. The maximum Gasteiger partial charge on any atom is 0.421 e. The average molecular weight is 892 g/mol. The number of likely N-dealkylation sites (tertiary alicyclic amines) is 1. The number of rotatable bonds is 10. The van der Waals surface area contributed by atoms with Crippen LogP contribution in [0.3, 0.4) is 0 Å². The number of aliphatic hydroxyl groups is 1. The third-order valence-electron chi connectivity index (χ3n) is 13.8. The van der Waals surface area contributed by atoms with Gasteiger partial charge in [-0.25, -0.2) is 9.69 Å². The maximum atomic E-state index is 16.6. The van der Waals surface area contributed by atoms with Crippen molar-refractivity contribution < 1.29 is 43.2 Å². The van der Waals surface area contributed by atoms with Gasteiger partial charge in [-0.15, -0.1) is 0 Å². The molecule has 4 heterocycles. The van der Waals surface area contributed by atoms with E-state index < -0.39 is 53.5 Å². The molecule has 4 aliphatic heterocycles. The molecule has 0 radical (unpaired) electrons. The molecule has 1 aliphatic carbocycles. The number of aliphatic hydroxyl groups excluding tert-OH is 1. The van der Waals surface area contributed by atoms with Gasteiger partial charge in [0.05, 0.1) is 36.9 Å². The van der Waals surface area contributed by atoms with Gasteiger partial charge in [0, 0.05) is 31.3 Å². The van der Waals surface area contributed by atoms with Crippen LogP contribution in [0, 0.1) is 17.8 Å². The fraction of sp³-hybridized carbons (Fsp3) is 0.407. The van der Waals surface area contributed by atoms with Crippen LogP contribution < -0.4 is 9.64 Å². The first-order valence-electron chi connectivity index (χ1n) is 23.4. The van der Waals surface area contributed by atoms with Crippen molar-refractivity contribution in [3.05, 3.63) is 143 Å². The Morgan fingerprint density at radius 2 is 1.50 bits per heavy atom. The lowest BCUT2D eigenvalue weighted by atomic mass is 9.64. The van der Waals surface area contributed by atoms with Crippen molar-refractivity contribution in [1.82, 2.24) is 9.80 Å². The summed E-state index contributed by atoms with van der Waals surface area (Å²) in [4.78, 5) is 67.8. The second kappa shape index (κ2) is 20.1. The Balaban J connectivity index is 1.37. The zero-order valence-electron chi connectivity index (χ0n) is 37.4. The first kappa shape index (κ1) is 44.9. The number of benzene rings is 4. The Labute approximate surface area is 386 Å². The third-order valence-corrected chi connectivity index (χ3v) is 13.8. The molecule has 0 saturated carbocycles. The molecule has 4 aromatic carbocycles. The largest absolute Gasteiger partial charge is 0.491 e. The van der Waals surface area contributed by atoms with Crippen LogP contribution >= 0.6 is 0 Å². The summed E-state index contributed by atoms with van der Waals surface area (Å²) in [6, 6.07) is 28.6. The number of nitrogens with zero attached hydrogens (tertiary/aromatic N) is 3. The van der Waals surface area contributed by atoms with Crippen molar-refractivity contribution in [2.24, 2.45) is 5.92 Å². The van der Waals surface area contributed by atoms with Crippen molar-refractivity contribution in [1.29, 1.82) is 0 Å². The number of carbonyl (C=O) groups is 4. The number of cyclic esters (lactones) is 1. The monoisotopic (exact) mass is 891 g/mol. The lowest BCUT2D eigenvalue weighted by molar-refractivity contribution is -0.179. The molecule has 9 rings (SSSR count). The highest BCUT2D eigenvalue weighted by atomic mass is 16.6. The van der Waals surface area contributed by atoms with Crippen LogP contribution in [0.25, 0.3) is 0 Å². The number of allylic oxidation sites excluding steroid dienone is 2. The van der Waals surface area contributed by atoms with Gasteiger partial charge in [-0.1, -0.05) is 116 Å². The molecule has 6 atom stereocenters. The normalized spacial score (nSPS) is 25.1. The number of fused-ring (bicyclic) bond motifs is 3. The Morgan fingerprint density at radius 3 is 2.21 bits per heavy atom. The van der Waals surface area contributed by atoms with E-state index in [-0.39, 0.29) is 38.0 Å².